The molecule has 8 heteroatoms. The van der Waals surface area contributed by atoms with Gasteiger partial charge in [-0.15, -0.1) is 16.4 Å². The molecule has 2 fully saturated rings. The highest BCUT2D eigenvalue weighted by molar-refractivity contribution is 7.14. The van der Waals surface area contributed by atoms with E-state index in [9.17, 15) is 14.7 Å². The van der Waals surface area contributed by atoms with Gasteiger partial charge in [0.15, 0.2) is 0 Å². The molecule has 2 saturated carbocycles. The number of aromatic carboxylic acids is 1. The molecule has 4 rings (SSSR count). The van der Waals surface area contributed by atoms with Gasteiger partial charge in [0.2, 0.25) is 5.91 Å². The molecule has 2 aliphatic carbocycles. The van der Waals surface area contributed by atoms with E-state index >= 15 is 0 Å². The zero-order chi connectivity index (χ0) is 25.9. The maximum atomic E-state index is 14.0. The molecule has 2 aromatic heterocycles. The number of aromatic nitrogens is 3. The van der Waals surface area contributed by atoms with Crippen LogP contribution in [0.1, 0.15) is 125 Å². The minimum absolute atomic E-state index is 0.00835. The summed E-state index contributed by atoms with van der Waals surface area (Å²) in [4.78, 5) is 29.9. The summed E-state index contributed by atoms with van der Waals surface area (Å²) < 4.78 is 1.92. The van der Waals surface area contributed by atoms with Gasteiger partial charge in [0, 0.05) is 23.0 Å². The molecule has 1 amide bonds. The Bertz CT molecular complexity index is 1010. The Morgan fingerprint density at radius 1 is 1.17 bits per heavy atom. The van der Waals surface area contributed by atoms with Gasteiger partial charge in [0.05, 0.1) is 17.9 Å². The third kappa shape index (κ3) is 5.84. The van der Waals surface area contributed by atoms with Gasteiger partial charge in [-0.3, -0.25) is 4.79 Å². The van der Waals surface area contributed by atoms with Gasteiger partial charge >= 0.3 is 5.97 Å². The molecule has 198 valence electrons. The normalized spacial score (nSPS) is 23.3. The second kappa shape index (κ2) is 11.4. The summed E-state index contributed by atoms with van der Waals surface area (Å²) in [5.74, 6) is -0.522. The van der Waals surface area contributed by atoms with Crippen molar-refractivity contribution in [1.29, 1.82) is 0 Å². The van der Waals surface area contributed by atoms with E-state index in [4.69, 9.17) is 0 Å². The van der Waals surface area contributed by atoms with Crippen molar-refractivity contribution in [3.8, 4) is 0 Å². The minimum atomic E-state index is -0.921. The Morgan fingerprint density at radius 3 is 2.42 bits per heavy atom. The molecule has 0 aliphatic heterocycles. The molecule has 2 aliphatic rings. The lowest BCUT2D eigenvalue weighted by atomic mass is 9.73. The van der Waals surface area contributed by atoms with Crippen molar-refractivity contribution in [2.24, 2.45) is 11.3 Å². The van der Waals surface area contributed by atoms with E-state index in [1.807, 2.05) is 15.8 Å². The average Bonchev–Trinajstić information content (AvgIpc) is 3.54. The summed E-state index contributed by atoms with van der Waals surface area (Å²) in [5.41, 5.74) is 0.988. The fourth-order valence-corrected chi connectivity index (χ4v) is 7.31. The van der Waals surface area contributed by atoms with Crippen LogP contribution in [0.5, 0.6) is 0 Å². The standard InChI is InChI=1S/C28H42N4O3S/c1-5-7-19(6-2)26(33)32(22-10-8-21(9-11-22)31-17-16-29-30-31)23-18-24(36-25(23)27(34)35)20-12-14-28(3,4)15-13-20/h16-22H,5-15H2,1-4H3,(H,34,35). The number of hydrogen-bond donors (Lipinski definition) is 1. The number of carboxylic acid groups (broad SMARTS) is 1. The highest BCUT2D eigenvalue weighted by atomic mass is 32.1. The predicted octanol–water partition coefficient (Wildman–Crippen LogP) is 7.06. The van der Waals surface area contributed by atoms with Crippen LogP contribution in [0.4, 0.5) is 5.69 Å². The molecular formula is C28H42N4O3S. The number of hydrogen-bond acceptors (Lipinski definition) is 5. The first kappa shape index (κ1) is 26.8. The van der Waals surface area contributed by atoms with E-state index in [2.05, 4.69) is 44.1 Å². The molecule has 1 unspecified atom stereocenters. The molecule has 0 radical (unpaired) electrons. The number of carbonyl (C=O) groups excluding carboxylic acids is 1. The fourth-order valence-electron chi connectivity index (χ4n) is 6.15. The van der Waals surface area contributed by atoms with Crippen molar-refractivity contribution in [3.63, 3.8) is 0 Å². The maximum Gasteiger partial charge on any atom is 0.348 e. The zero-order valence-corrected chi connectivity index (χ0v) is 23.1. The fraction of sp³-hybridized carbons (Fsp3) is 0.714. The van der Waals surface area contributed by atoms with Crippen LogP contribution in [0.2, 0.25) is 0 Å². The molecule has 0 bridgehead atoms. The summed E-state index contributed by atoms with van der Waals surface area (Å²) in [6, 6.07) is 2.35. The third-order valence-corrected chi connectivity index (χ3v) is 9.76. The van der Waals surface area contributed by atoms with Crippen LogP contribution in [0.15, 0.2) is 18.5 Å². The largest absolute Gasteiger partial charge is 0.477 e. The molecule has 2 aromatic rings. The van der Waals surface area contributed by atoms with Crippen LogP contribution in [0, 0.1) is 11.3 Å². The molecule has 0 spiro atoms. The number of rotatable bonds is 9. The average molecular weight is 515 g/mol. The highest BCUT2D eigenvalue weighted by Gasteiger charge is 2.37. The van der Waals surface area contributed by atoms with Gasteiger partial charge in [-0.05, 0) is 81.6 Å². The molecule has 2 heterocycles. The van der Waals surface area contributed by atoms with Crippen LogP contribution in [-0.4, -0.2) is 38.0 Å². The van der Waals surface area contributed by atoms with E-state index in [1.165, 1.54) is 11.3 Å². The molecule has 0 saturated heterocycles. The molecule has 36 heavy (non-hydrogen) atoms. The van der Waals surface area contributed by atoms with Crippen LogP contribution >= 0.6 is 11.3 Å². The molecule has 1 N–H and O–H groups in total. The first-order valence-electron chi connectivity index (χ1n) is 13.8. The number of carbonyl (C=O) groups is 2. The Morgan fingerprint density at radius 2 is 1.86 bits per heavy atom. The SMILES string of the molecule is CCCC(CC)C(=O)N(c1cc(C2CCC(C)(C)CC2)sc1C(=O)O)C1CCC(n2ccnn2)CC1. The van der Waals surface area contributed by atoms with Gasteiger partial charge in [-0.1, -0.05) is 39.3 Å². The Kier molecular flexibility index (Phi) is 8.53. The number of anilines is 1. The van der Waals surface area contributed by atoms with Crippen molar-refractivity contribution in [3.05, 3.63) is 28.2 Å². The summed E-state index contributed by atoms with van der Waals surface area (Å²) in [7, 11) is 0. The number of amides is 1. The summed E-state index contributed by atoms with van der Waals surface area (Å²) >= 11 is 1.40. The first-order valence-corrected chi connectivity index (χ1v) is 14.6. The molecule has 0 aromatic carbocycles. The third-order valence-electron chi connectivity index (χ3n) is 8.49. The van der Waals surface area contributed by atoms with E-state index in [0.717, 1.165) is 75.5 Å². The number of carboxylic acids is 1. The van der Waals surface area contributed by atoms with Crippen LogP contribution < -0.4 is 4.90 Å². The molecule has 1 atom stereocenters. The van der Waals surface area contributed by atoms with E-state index in [1.54, 1.807) is 6.20 Å². The van der Waals surface area contributed by atoms with Gasteiger partial charge in [-0.2, -0.15) is 0 Å². The van der Waals surface area contributed by atoms with Crippen molar-refractivity contribution >= 4 is 28.9 Å². The van der Waals surface area contributed by atoms with E-state index in [0.29, 0.717) is 21.9 Å². The number of thiophene rings is 1. The van der Waals surface area contributed by atoms with Crippen molar-refractivity contribution in [1.82, 2.24) is 15.0 Å². The lowest BCUT2D eigenvalue weighted by Gasteiger charge is -2.38. The monoisotopic (exact) mass is 514 g/mol. The highest BCUT2D eigenvalue weighted by Crippen LogP contribution is 2.47. The molecule has 7 nitrogen and oxygen atoms in total. The predicted molar refractivity (Wildman–Crippen MR) is 144 cm³/mol. The topological polar surface area (TPSA) is 88.3 Å². The Labute approximate surface area is 219 Å². The second-order valence-corrected chi connectivity index (χ2v) is 12.6. The van der Waals surface area contributed by atoms with E-state index in [-0.39, 0.29) is 23.9 Å². The van der Waals surface area contributed by atoms with Crippen LogP contribution in [-0.2, 0) is 4.79 Å². The second-order valence-electron chi connectivity index (χ2n) is 11.6. The lowest BCUT2D eigenvalue weighted by Crippen LogP contribution is -2.46. The zero-order valence-electron chi connectivity index (χ0n) is 22.3. The van der Waals surface area contributed by atoms with Crippen molar-refractivity contribution in [2.75, 3.05) is 4.90 Å². The van der Waals surface area contributed by atoms with Gasteiger partial charge in [0.1, 0.15) is 4.88 Å². The smallest absolute Gasteiger partial charge is 0.348 e. The van der Waals surface area contributed by atoms with Gasteiger partial charge in [0.25, 0.3) is 0 Å². The van der Waals surface area contributed by atoms with Gasteiger partial charge in [-0.25, -0.2) is 9.48 Å². The van der Waals surface area contributed by atoms with E-state index < -0.39 is 5.97 Å². The van der Waals surface area contributed by atoms with Crippen molar-refractivity contribution in [2.45, 2.75) is 116 Å². The van der Waals surface area contributed by atoms with Gasteiger partial charge < -0.3 is 10.0 Å². The summed E-state index contributed by atoms with van der Waals surface area (Å²) in [6.07, 6.45) is 14.1. The summed E-state index contributed by atoms with van der Waals surface area (Å²) in [6.45, 7) is 8.82. The van der Waals surface area contributed by atoms with Crippen LogP contribution in [0.3, 0.4) is 0 Å². The Hall–Kier alpha value is -2.22. The van der Waals surface area contributed by atoms with Crippen LogP contribution in [0.25, 0.3) is 0 Å². The Balaban J connectivity index is 1.65. The van der Waals surface area contributed by atoms with Crippen molar-refractivity contribution < 1.29 is 14.7 Å². The summed E-state index contributed by atoms with van der Waals surface area (Å²) in [5, 5.41) is 18.3. The quantitative estimate of drug-likeness (QED) is 0.387. The number of nitrogens with zero attached hydrogens (tertiary/aromatic N) is 4. The lowest BCUT2D eigenvalue weighted by molar-refractivity contribution is -0.123. The molecular weight excluding hydrogens is 472 g/mol. The first-order chi connectivity index (χ1) is 17.2. The maximum absolute atomic E-state index is 14.0. The minimum Gasteiger partial charge on any atom is -0.477 e.